The number of rotatable bonds is 6. The first kappa shape index (κ1) is 18.8. The summed E-state index contributed by atoms with van der Waals surface area (Å²) in [7, 11) is 0. The van der Waals surface area contributed by atoms with Crippen molar-refractivity contribution < 1.29 is 23.2 Å². The molecule has 2 atom stereocenters. The van der Waals surface area contributed by atoms with E-state index in [1.807, 2.05) is 0 Å². The van der Waals surface area contributed by atoms with Gasteiger partial charge in [-0.05, 0) is 37.1 Å². The molecule has 2 fully saturated rings. The van der Waals surface area contributed by atoms with E-state index in [1.165, 1.54) is 17.0 Å². The van der Waals surface area contributed by atoms with Gasteiger partial charge in [0, 0.05) is 23.5 Å². The molecule has 1 heterocycles. The molecule has 0 aromatic heterocycles. The maximum absolute atomic E-state index is 12.4. The quantitative estimate of drug-likeness (QED) is 0.604. The van der Waals surface area contributed by atoms with Crippen LogP contribution >= 0.6 is 11.8 Å². The molecule has 1 aliphatic carbocycles. The highest BCUT2D eigenvalue weighted by Gasteiger charge is 2.47. The van der Waals surface area contributed by atoms with Crippen LogP contribution in [0, 0.1) is 11.8 Å². The minimum absolute atomic E-state index is 0.0183. The second-order valence-corrected chi connectivity index (χ2v) is 7.59. The van der Waals surface area contributed by atoms with E-state index < -0.39 is 5.76 Å². The van der Waals surface area contributed by atoms with Crippen LogP contribution in [-0.4, -0.2) is 34.9 Å². The van der Waals surface area contributed by atoms with Crippen LogP contribution in [0.3, 0.4) is 0 Å². The second kappa shape index (κ2) is 8.16. The lowest BCUT2D eigenvalue weighted by Gasteiger charge is -2.19. The summed E-state index contributed by atoms with van der Waals surface area (Å²) in [5.74, 6) is -3.54. The van der Waals surface area contributed by atoms with Crippen LogP contribution in [0.5, 0.6) is 0 Å². The molecule has 1 aromatic carbocycles. The SMILES string of the molecule is O=C(CCN1C(=O)C2CCCCC2C1=O)Nc1ccc(SC(F)F)cc1. The molecule has 1 aliphatic heterocycles. The lowest BCUT2D eigenvalue weighted by atomic mass is 9.81. The Balaban J connectivity index is 1.51. The average molecular weight is 382 g/mol. The molecule has 1 N–H and O–H groups in total. The number of thioether (sulfide) groups is 1. The summed E-state index contributed by atoms with van der Waals surface area (Å²) in [5, 5.41) is 2.65. The molecule has 0 spiro atoms. The van der Waals surface area contributed by atoms with Crippen molar-refractivity contribution in [3.8, 4) is 0 Å². The van der Waals surface area contributed by atoms with Crippen LogP contribution in [0.15, 0.2) is 29.2 Å². The maximum Gasteiger partial charge on any atom is 0.288 e. The third-order valence-corrected chi connectivity index (χ3v) is 5.58. The zero-order chi connectivity index (χ0) is 18.7. The van der Waals surface area contributed by atoms with Gasteiger partial charge in [-0.1, -0.05) is 24.6 Å². The lowest BCUT2D eigenvalue weighted by molar-refractivity contribution is -0.140. The van der Waals surface area contributed by atoms with Gasteiger partial charge >= 0.3 is 0 Å². The van der Waals surface area contributed by atoms with Crippen molar-refractivity contribution in [2.24, 2.45) is 11.8 Å². The Labute approximate surface area is 154 Å². The molecule has 26 heavy (non-hydrogen) atoms. The van der Waals surface area contributed by atoms with Crippen molar-refractivity contribution in [3.05, 3.63) is 24.3 Å². The molecule has 8 heteroatoms. The van der Waals surface area contributed by atoms with Gasteiger partial charge in [0.05, 0.1) is 11.8 Å². The Morgan fingerprint density at radius 1 is 1.12 bits per heavy atom. The highest BCUT2D eigenvalue weighted by Crippen LogP contribution is 2.38. The van der Waals surface area contributed by atoms with E-state index in [-0.39, 0.29) is 42.5 Å². The van der Waals surface area contributed by atoms with Gasteiger partial charge in [-0.2, -0.15) is 8.78 Å². The molecule has 3 amide bonds. The number of alkyl halides is 2. The van der Waals surface area contributed by atoms with E-state index >= 15 is 0 Å². The molecule has 3 rings (SSSR count). The molecule has 2 aliphatic rings. The summed E-state index contributed by atoms with van der Waals surface area (Å²) in [5.41, 5.74) is 0.487. The number of fused-ring (bicyclic) bond motifs is 1. The van der Waals surface area contributed by atoms with E-state index in [4.69, 9.17) is 0 Å². The van der Waals surface area contributed by atoms with E-state index in [2.05, 4.69) is 5.32 Å². The maximum atomic E-state index is 12.4. The van der Waals surface area contributed by atoms with E-state index in [0.29, 0.717) is 22.3 Å². The number of benzene rings is 1. The van der Waals surface area contributed by atoms with Gasteiger partial charge in [0.2, 0.25) is 17.7 Å². The van der Waals surface area contributed by atoms with Crippen molar-refractivity contribution in [3.63, 3.8) is 0 Å². The highest BCUT2D eigenvalue weighted by molar-refractivity contribution is 7.99. The molecule has 0 radical (unpaired) electrons. The first-order chi connectivity index (χ1) is 12.5. The second-order valence-electron chi connectivity index (χ2n) is 6.53. The fraction of sp³-hybridized carbons (Fsp3) is 0.500. The summed E-state index contributed by atoms with van der Waals surface area (Å²) in [4.78, 5) is 38.4. The molecular formula is C18H20F2N2O3S. The first-order valence-corrected chi connectivity index (χ1v) is 9.53. The number of amides is 3. The molecule has 1 saturated heterocycles. The van der Waals surface area contributed by atoms with Crippen LogP contribution < -0.4 is 5.32 Å². The molecule has 1 saturated carbocycles. The van der Waals surface area contributed by atoms with Crippen molar-refractivity contribution in [2.45, 2.75) is 42.8 Å². The number of hydrogen-bond acceptors (Lipinski definition) is 4. The summed E-state index contributed by atoms with van der Waals surface area (Å²) < 4.78 is 24.6. The van der Waals surface area contributed by atoms with Crippen molar-refractivity contribution in [1.29, 1.82) is 0 Å². The summed E-state index contributed by atoms with van der Waals surface area (Å²) in [6, 6.07) is 6.10. The molecule has 1 aromatic rings. The van der Waals surface area contributed by atoms with Gasteiger partial charge in [-0.15, -0.1) is 0 Å². The molecular weight excluding hydrogens is 362 g/mol. The molecule has 2 unspecified atom stereocenters. The number of imide groups is 1. The van der Waals surface area contributed by atoms with Gasteiger partial charge in [-0.3, -0.25) is 19.3 Å². The normalized spacial score (nSPS) is 22.7. The smallest absolute Gasteiger partial charge is 0.288 e. The van der Waals surface area contributed by atoms with E-state index in [0.717, 1.165) is 25.7 Å². The van der Waals surface area contributed by atoms with Crippen LogP contribution in [0.4, 0.5) is 14.5 Å². The minimum atomic E-state index is -2.49. The number of nitrogens with zero attached hydrogens (tertiary/aromatic N) is 1. The fourth-order valence-corrected chi connectivity index (χ4v) is 4.11. The standard InChI is InChI=1S/C18H20F2N2O3S/c19-18(20)26-12-7-5-11(6-8-12)21-15(23)9-10-22-16(24)13-3-1-2-4-14(13)17(22)25/h5-8,13-14,18H,1-4,9-10H2,(H,21,23). The summed E-state index contributed by atoms with van der Waals surface area (Å²) >= 11 is 0.436. The molecule has 5 nitrogen and oxygen atoms in total. The third-order valence-electron chi connectivity index (χ3n) is 4.86. The predicted octanol–water partition coefficient (Wildman–Crippen LogP) is 3.51. The van der Waals surface area contributed by atoms with Gasteiger partial charge < -0.3 is 5.32 Å². The van der Waals surface area contributed by atoms with Crippen molar-refractivity contribution in [2.75, 3.05) is 11.9 Å². The number of halogens is 2. The van der Waals surface area contributed by atoms with Gasteiger partial charge in [-0.25, -0.2) is 0 Å². The lowest BCUT2D eigenvalue weighted by Crippen LogP contribution is -2.34. The Bertz CT molecular complexity index is 672. The topological polar surface area (TPSA) is 66.5 Å². The Hall–Kier alpha value is -1.96. The summed E-state index contributed by atoms with van der Waals surface area (Å²) in [6.45, 7) is 0.0792. The Morgan fingerprint density at radius 2 is 1.69 bits per heavy atom. The number of hydrogen-bond donors (Lipinski definition) is 1. The van der Waals surface area contributed by atoms with Crippen LogP contribution in [0.25, 0.3) is 0 Å². The third kappa shape index (κ3) is 4.23. The average Bonchev–Trinajstić information content (AvgIpc) is 2.86. The Kier molecular flexibility index (Phi) is 5.90. The van der Waals surface area contributed by atoms with Gasteiger partial charge in [0.15, 0.2) is 0 Å². The fourth-order valence-electron chi connectivity index (χ4n) is 3.61. The first-order valence-electron chi connectivity index (χ1n) is 8.65. The van der Waals surface area contributed by atoms with Crippen LogP contribution in [0.2, 0.25) is 0 Å². The zero-order valence-corrected chi connectivity index (χ0v) is 14.9. The van der Waals surface area contributed by atoms with Gasteiger partial charge in [0.1, 0.15) is 0 Å². The van der Waals surface area contributed by atoms with E-state index in [9.17, 15) is 23.2 Å². The molecule has 140 valence electrons. The van der Waals surface area contributed by atoms with Crippen molar-refractivity contribution >= 4 is 35.2 Å². The van der Waals surface area contributed by atoms with E-state index in [1.54, 1.807) is 12.1 Å². The number of likely N-dealkylation sites (tertiary alicyclic amines) is 1. The van der Waals surface area contributed by atoms with Crippen molar-refractivity contribution in [1.82, 2.24) is 4.90 Å². The Morgan fingerprint density at radius 3 is 2.23 bits per heavy atom. The van der Waals surface area contributed by atoms with Crippen LogP contribution in [-0.2, 0) is 14.4 Å². The number of carbonyl (C=O) groups is 3. The number of nitrogens with one attached hydrogen (secondary N) is 1. The monoisotopic (exact) mass is 382 g/mol. The minimum Gasteiger partial charge on any atom is -0.326 e. The summed E-state index contributed by atoms with van der Waals surface area (Å²) in [6.07, 6.45) is 3.45. The molecule has 0 bridgehead atoms. The highest BCUT2D eigenvalue weighted by atomic mass is 32.2. The predicted molar refractivity (Wildman–Crippen MR) is 93.7 cm³/mol. The zero-order valence-electron chi connectivity index (χ0n) is 14.1. The number of anilines is 1. The largest absolute Gasteiger partial charge is 0.326 e. The van der Waals surface area contributed by atoms with Gasteiger partial charge in [0.25, 0.3) is 5.76 Å². The number of carbonyl (C=O) groups excluding carboxylic acids is 3. The van der Waals surface area contributed by atoms with Crippen LogP contribution in [0.1, 0.15) is 32.1 Å².